The Kier molecular flexibility index (Phi) is 9.98. The minimum atomic E-state index is 0.503. The highest BCUT2D eigenvalue weighted by Crippen LogP contribution is 2.25. The summed E-state index contributed by atoms with van der Waals surface area (Å²) in [5, 5.41) is 6.67. The highest BCUT2D eigenvalue weighted by Gasteiger charge is 2.19. The number of rotatable bonds is 10. The van der Waals surface area contributed by atoms with Crippen LogP contribution in [0.3, 0.4) is 0 Å². The van der Waals surface area contributed by atoms with Crippen molar-refractivity contribution in [3.63, 3.8) is 0 Å². The molecule has 12 heteroatoms. The molecule has 0 amide bonds. The van der Waals surface area contributed by atoms with Gasteiger partial charge in [0.2, 0.25) is 23.8 Å². The maximum absolute atomic E-state index is 5.55. The van der Waals surface area contributed by atoms with Crippen molar-refractivity contribution in [3.05, 3.63) is 120 Å². The molecule has 2 fully saturated rings. The van der Waals surface area contributed by atoms with E-state index in [0.717, 1.165) is 59.8 Å². The van der Waals surface area contributed by atoms with Gasteiger partial charge < -0.3 is 29.9 Å². The molecule has 52 heavy (non-hydrogen) atoms. The largest absolute Gasteiger partial charge is 0.378 e. The average Bonchev–Trinajstić information content (AvgIpc) is 3.22. The van der Waals surface area contributed by atoms with Crippen LogP contribution in [0.1, 0.15) is 11.1 Å². The zero-order chi connectivity index (χ0) is 35.0. The van der Waals surface area contributed by atoms with Crippen molar-refractivity contribution < 1.29 is 9.47 Å². The summed E-state index contributed by atoms with van der Waals surface area (Å²) in [5.74, 6) is 3.50. The van der Waals surface area contributed by atoms with Crippen LogP contribution in [0.2, 0.25) is 0 Å². The van der Waals surface area contributed by atoms with E-state index in [1.165, 1.54) is 0 Å². The monoisotopic (exact) mass is 690 g/mol. The number of ether oxygens (including phenoxy) is 2. The first-order valence-corrected chi connectivity index (χ1v) is 17.4. The SMILES string of the molecule is C(=Cc1ccc(-c2nc(Nc3ccccc3)nc(N3CCOCC3)n2)cc1)c1ccc(-c2nc(Nc3ccccc3)nc(N3CCOCC3)n2)cc1. The van der Waals surface area contributed by atoms with Crippen molar-refractivity contribution in [3.8, 4) is 22.8 Å². The first-order chi connectivity index (χ1) is 25.7. The molecule has 260 valence electrons. The molecule has 8 rings (SSSR count). The number of nitrogens with zero attached hydrogens (tertiary/aromatic N) is 8. The summed E-state index contributed by atoms with van der Waals surface area (Å²) in [6, 6.07) is 36.3. The lowest BCUT2D eigenvalue weighted by Gasteiger charge is -2.27. The van der Waals surface area contributed by atoms with E-state index < -0.39 is 0 Å². The van der Waals surface area contributed by atoms with Crippen molar-refractivity contribution >= 4 is 47.3 Å². The molecule has 0 unspecified atom stereocenters. The van der Waals surface area contributed by atoms with Crippen LogP contribution in [0.15, 0.2) is 109 Å². The van der Waals surface area contributed by atoms with Gasteiger partial charge in [-0.15, -0.1) is 0 Å². The molecular weight excluding hydrogens is 653 g/mol. The van der Waals surface area contributed by atoms with Gasteiger partial charge in [-0.1, -0.05) is 97.1 Å². The molecule has 4 aromatic carbocycles. The smallest absolute Gasteiger partial charge is 0.232 e. The van der Waals surface area contributed by atoms with E-state index in [0.29, 0.717) is 61.9 Å². The Morgan fingerprint density at radius 1 is 0.442 bits per heavy atom. The van der Waals surface area contributed by atoms with Gasteiger partial charge in [-0.3, -0.25) is 0 Å². The zero-order valence-electron chi connectivity index (χ0n) is 28.6. The third kappa shape index (κ3) is 8.20. The van der Waals surface area contributed by atoms with Gasteiger partial charge in [-0.05, 0) is 35.4 Å². The van der Waals surface area contributed by atoms with E-state index in [2.05, 4.69) is 56.9 Å². The highest BCUT2D eigenvalue weighted by atomic mass is 16.5. The molecule has 2 aliphatic rings. The fraction of sp³-hybridized carbons (Fsp3) is 0.200. The Balaban J connectivity index is 0.994. The predicted molar refractivity (Wildman–Crippen MR) is 205 cm³/mol. The summed E-state index contributed by atoms with van der Waals surface area (Å²) >= 11 is 0. The van der Waals surface area contributed by atoms with E-state index in [1.807, 2.05) is 84.9 Å². The van der Waals surface area contributed by atoms with Gasteiger partial charge in [0, 0.05) is 48.7 Å². The molecule has 12 nitrogen and oxygen atoms in total. The number of hydrogen-bond donors (Lipinski definition) is 2. The van der Waals surface area contributed by atoms with E-state index >= 15 is 0 Å². The first kappa shape index (κ1) is 32.9. The highest BCUT2D eigenvalue weighted by molar-refractivity contribution is 5.73. The van der Waals surface area contributed by atoms with E-state index in [-0.39, 0.29) is 0 Å². The van der Waals surface area contributed by atoms with Gasteiger partial charge in [-0.2, -0.15) is 29.9 Å². The summed E-state index contributed by atoms with van der Waals surface area (Å²) < 4.78 is 11.1. The normalized spacial score (nSPS) is 14.8. The molecule has 4 heterocycles. The van der Waals surface area contributed by atoms with E-state index in [9.17, 15) is 0 Å². The lowest BCUT2D eigenvalue weighted by molar-refractivity contribution is 0.122. The number of morpholine rings is 2. The summed E-state index contributed by atoms with van der Waals surface area (Å²) in [4.78, 5) is 33.0. The summed E-state index contributed by atoms with van der Waals surface area (Å²) in [6.45, 7) is 5.51. The quantitative estimate of drug-likeness (QED) is 0.148. The van der Waals surface area contributed by atoms with Gasteiger partial charge in [0.05, 0.1) is 26.4 Å². The average molecular weight is 691 g/mol. The molecule has 2 N–H and O–H groups in total. The topological polar surface area (TPSA) is 126 Å². The predicted octanol–water partition coefficient (Wildman–Crippen LogP) is 6.72. The van der Waals surface area contributed by atoms with Gasteiger partial charge in [-0.25, -0.2) is 0 Å². The molecule has 0 saturated carbocycles. The fourth-order valence-corrected chi connectivity index (χ4v) is 5.89. The van der Waals surface area contributed by atoms with Crippen molar-refractivity contribution in [2.24, 2.45) is 0 Å². The zero-order valence-corrected chi connectivity index (χ0v) is 28.6. The number of hydrogen-bond acceptors (Lipinski definition) is 12. The maximum Gasteiger partial charge on any atom is 0.232 e. The molecule has 0 radical (unpaired) electrons. The number of nitrogens with one attached hydrogen (secondary N) is 2. The number of aromatic nitrogens is 6. The van der Waals surface area contributed by atoms with Crippen LogP contribution in [0.25, 0.3) is 34.9 Å². The molecule has 0 bridgehead atoms. The van der Waals surface area contributed by atoms with Crippen molar-refractivity contribution in [2.45, 2.75) is 0 Å². The Bertz CT molecular complexity index is 1950. The fourth-order valence-electron chi connectivity index (χ4n) is 5.89. The molecular formula is C40H38N10O2. The van der Waals surface area contributed by atoms with Crippen LogP contribution in [0.4, 0.5) is 35.2 Å². The van der Waals surface area contributed by atoms with Crippen molar-refractivity contribution in [1.29, 1.82) is 0 Å². The van der Waals surface area contributed by atoms with Gasteiger partial charge in [0.25, 0.3) is 0 Å². The standard InChI is InChI=1S/C40H38N10O2/c1-3-7-33(8-4-1)41-37-43-35(45-39(47-37)49-21-25-51-26-22-49)31-17-13-29(14-18-31)11-12-30-15-19-32(20-16-30)36-44-38(42-34-9-5-2-6-10-34)48-40(46-36)50-23-27-52-28-24-50/h1-20H,21-28H2,(H,41,43,45,47)(H,42,44,46,48). The van der Waals surface area contributed by atoms with Crippen LogP contribution in [-0.2, 0) is 9.47 Å². The number of para-hydroxylation sites is 2. The summed E-state index contributed by atoms with van der Waals surface area (Å²) in [7, 11) is 0. The Morgan fingerprint density at radius 3 is 1.21 bits per heavy atom. The second kappa shape index (κ2) is 15.8. The Morgan fingerprint density at radius 2 is 0.827 bits per heavy atom. The lowest BCUT2D eigenvalue weighted by Crippen LogP contribution is -2.37. The molecule has 2 saturated heterocycles. The van der Waals surface area contributed by atoms with Crippen molar-refractivity contribution in [1.82, 2.24) is 29.9 Å². The third-order valence-corrected chi connectivity index (χ3v) is 8.70. The van der Waals surface area contributed by atoms with E-state index in [4.69, 9.17) is 39.4 Å². The molecule has 0 spiro atoms. The van der Waals surface area contributed by atoms with Crippen LogP contribution in [-0.4, -0.2) is 82.5 Å². The molecule has 0 atom stereocenters. The van der Waals surface area contributed by atoms with Gasteiger partial charge in [0.15, 0.2) is 11.6 Å². The molecule has 6 aromatic rings. The minimum absolute atomic E-state index is 0.503. The van der Waals surface area contributed by atoms with Gasteiger partial charge >= 0.3 is 0 Å². The molecule has 0 aliphatic carbocycles. The second-order valence-corrected chi connectivity index (χ2v) is 12.3. The van der Waals surface area contributed by atoms with Crippen LogP contribution >= 0.6 is 0 Å². The molecule has 2 aromatic heterocycles. The minimum Gasteiger partial charge on any atom is -0.378 e. The Labute approximate surface area is 302 Å². The van der Waals surface area contributed by atoms with Gasteiger partial charge in [0.1, 0.15) is 0 Å². The van der Waals surface area contributed by atoms with Crippen LogP contribution < -0.4 is 20.4 Å². The number of benzene rings is 4. The first-order valence-electron chi connectivity index (χ1n) is 17.4. The van der Waals surface area contributed by atoms with E-state index in [1.54, 1.807) is 0 Å². The maximum atomic E-state index is 5.55. The van der Waals surface area contributed by atoms with Crippen molar-refractivity contribution in [2.75, 3.05) is 73.0 Å². The van der Waals surface area contributed by atoms with Crippen LogP contribution in [0, 0.1) is 0 Å². The second-order valence-electron chi connectivity index (χ2n) is 12.3. The Hall–Kier alpha value is -6.24. The molecule has 2 aliphatic heterocycles. The third-order valence-electron chi connectivity index (χ3n) is 8.70. The summed E-state index contributed by atoms with van der Waals surface area (Å²) in [5.41, 5.74) is 5.76. The summed E-state index contributed by atoms with van der Waals surface area (Å²) in [6.07, 6.45) is 4.18. The van der Waals surface area contributed by atoms with Crippen LogP contribution in [0.5, 0.6) is 0 Å². The number of anilines is 6. The lowest BCUT2D eigenvalue weighted by atomic mass is 10.1.